The molecule has 7 nitrogen and oxygen atoms in total. The molecule has 11 heteroatoms. The van der Waals surface area contributed by atoms with Crippen molar-refractivity contribution >= 4 is 35.0 Å². The van der Waals surface area contributed by atoms with Gasteiger partial charge in [0.1, 0.15) is 12.6 Å². The zero-order chi connectivity index (χ0) is 24.9. The highest BCUT2D eigenvalue weighted by Gasteiger charge is 2.41. The summed E-state index contributed by atoms with van der Waals surface area (Å²) in [6.45, 7) is 4.49. The fourth-order valence-corrected chi connectivity index (χ4v) is 4.11. The van der Waals surface area contributed by atoms with E-state index in [1.54, 1.807) is 26.0 Å². The lowest BCUT2D eigenvalue weighted by Gasteiger charge is -2.21. The van der Waals surface area contributed by atoms with E-state index < -0.39 is 42.2 Å². The Labute approximate surface area is 197 Å². The van der Waals surface area contributed by atoms with Gasteiger partial charge in [-0.15, -0.1) is 0 Å². The maximum atomic E-state index is 13.3. The molecule has 178 valence electrons. The molecule has 1 unspecified atom stereocenters. The van der Waals surface area contributed by atoms with E-state index >= 15 is 0 Å². The molecular formula is C23H19ClF3N3O4. The van der Waals surface area contributed by atoms with Gasteiger partial charge in [0.05, 0.1) is 33.1 Å². The molecule has 0 fully saturated rings. The summed E-state index contributed by atoms with van der Waals surface area (Å²) in [5.41, 5.74) is 0.0986. The number of hydrogen-bond acceptors (Lipinski definition) is 5. The van der Waals surface area contributed by atoms with Gasteiger partial charge in [-0.25, -0.2) is 9.78 Å². The van der Waals surface area contributed by atoms with Gasteiger partial charge in [-0.2, -0.15) is 13.2 Å². The number of pyridine rings is 1. The van der Waals surface area contributed by atoms with Crippen LogP contribution in [0.1, 0.15) is 64.4 Å². The molecule has 1 atom stereocenters. The molecule has 1 aliphatic heterocycles. The Morgan fingerprint density at radius 2 is 1.71 bits per heavy atom. The molecule has 0 saturated heterocycles. The van der Waals surface area contributed by atoms with Gasteiger partial charge in [0.25, 0.3) is 11.8 Å². The van der Waals surface area contributed by atoms with Gasteiger partial charge in [0.2, 0.25) is 0 Å². The molecule has 0 spiro atoms. The molecule has 0 radical (unpaired) electrons. The molecular weight excluding hydrogens is 475 g/mol. The lowest BCUT2D eigenvalue weighted by Crippen LogP contribution is -2.43. The zero-order valence-electron chi connectivity index (χ0n) is 18.3. The summed E-state index contributed by atoms with van der Waals surface area (Å²) in [7, 11) is 0. The lowest BCUT2D eigenvalue weighted by atomic mass is 10.1. The summed E-state index contributed by atoms with van der Waals surface area (Å²) in [6, 6.07) is 5.73. The number of carbonyl (C=O) groups excluding carboxylic acids is 3. The van der Waals surface area contributed by atoms with Crippen LogP contribution in [0.3, 0.4) is 0 Å². The summed E-state index contributed by atoms with van der Waals surface area (Å²) in [5, 5.41) is -0.200. The maximum absolute atomic E-state index is 13.3. The van der Waals surface area contributed by atoms with Crippen LogP contribution in [0, 0.1) is 0 Å². The van der Waals surface area contributed by atoms with Crippen LogP contribution in [0.2, 0.25) is 5.02 Å². The number of nitrogens with zero attached hydrogens (tertiary/aromatic N) is 3. The molecule has 0 N–H and O–H groups in total. The van der Waals surface area contributed by atoms with Crippen LogP contribution < -0.4 is 0 Å². The third-order valence-corrected chi connectivity index (χ3v) is 5.86. The lowest BCUT2D eigenvalue weighted by molar-refractivity contribution is -0.149. The van der Waals surface area contributed by atoms with Crippen molar-refractivity contribution in [3.8, 4) is 0 Å². The van der Waals surface area contributed by atoms with Crippen molar-refractivity contribution in [1.82, 2.24) is 14.3 Å². The molecule has 2 aromatic heterocycles. The number of esters is 1. The average molecular weight is 494 g/mol. The normalized spacial score (nSPS) is 14.8. The van der Waals surface area contributed by atoms with Gasteiger partial charge in [0.15, 0.2) is 5.65 Å². The molecule has 34 heavy (non-hydrogen) atoms. The maximum Gasteiger partial charge on any atom is 0.417 e. The van der Waals surface area contributed by atoms with Gasteiger partial charge < -0.3 is 4.74 Å². The first-order chi connectivity index (χ1) is 15.9. The average Bonchev–Trinajstić information content (AvgIpc) is 3.27. The van der Waals surface area contributed by atoms with Crippen molar-refractivity contribution in [2.45, 2.75) is 45.5 Å². The highest BCUT2D eigenvalue weighted by Crippen LogP contribution is 2.34. The van der Waals surface area contributed by atoms with Crippen molar-refractivity contribution in [2.24, 2.45) is 0 Å². The van der Waals surface area contributed by atoms with Crippen LogP contribution in [-0.2, 0) is 22.3 Å². The van der Waals surface area contributed by atoms with Gasteiger partial charge >= 0.3 is 12.1 Å². The summed E-state index contributed by atoms with van der Waals surface area (Å²) in [4.78, 5) is 43.2. The molecule has 3 aromatic rings. The monoisotopic (exact) mass is 493 g/mol. The summed E-state index contributed by atoms with van der Waals surface area (Å²) in [5.74, 6) is -2.35. The number of fused-ring (bicyclic) bond motifs is 2. The predicted molar refractivity (Wildman–Crippen MR) is 115 cm³/mol. The van der Waals surface area contributed by atoms with E-state index in [1.165, 1.54) is 19.1 Å². The third kappa shape index (κ3) is 3.91. The van der Waals surface area contributed by atoms with Crippen molar-refractivity contribution in [3.63, 3.8) is 0 Å². The number of carbonyl (C=O) groups is 3. The van der Waals surface area contributed by atoms with Gasteiger partial charge in [-0.05, 0) is 31.0 Å². The van der Waals surface area contributed by atoms with E-state index in [2.05, 4.69) is 4.98 Å². The Bertz CT molecular complexity index is 1300. The molecule has 0 aliphatic carbocycles. The van der Waals surface area contributed by atoms with E-state index in [1.807, 2.05) is 0 Å². The molecule has 4 rings (SSSR count). The van der Waals surface area contributed by atoms with Crippen LogP contribution in [0.4, 0.5) is 13.2 Å². The third-order valence-electron chi connectivity index (χ3n) is 5.58. The van der Waals surface area contributed by atoms with Crippen molar-refractivity contribution in [1.29, 1.82) is 0 Å². The van der Waals surface area contributed by atoms with Crippen LogP contribution >= 0.6 is 11.6 Å². The van der Waals surface area contributed by atoms with E-state index in [0.717, 1.165) is 21.6 Å². The first kappa shape index (κ1) is 23.7. The van der Waals surface area contributed by atoms with Crippen molar-refractivity contribution < 1.29 is 32.3 Å². The fraction of sp³-hybridized carbons (Fsp3) is 0.304. The Balaban J connectivity index is 1.62. The fourth-order valence-electron chi connectivity index (χ4n) is 3.85. The van der Waals surface area contributed by atoms with Crippen LogP contribution in [0.25, 0.3) is 5.65 Å². The van der Waals surface area contributed by atoms with Crippen LogP contribution in [-0.4, -0.2) is 38.1 Å². The minimum Gasteiger partial charge on any atom is -0.458 e. The van der Waals surface area contributed by atoms with Gasteiger partial charge in [-0.1, -0.05) is 37.6 Å². The number of alkyl halides is 3. The molecule has 0 bridgehead atoms. The molecule has 3 heterocycles. The van der Waals surface area contributed by atoms with Gasteiger partial charge in [0, 0.05) is 6.20 Å². The van der Waals surface area contributed by atoms with Crippen LogP contribution in [0.5, 0.6) is 0 Å². The number of amides is 2. The molecule has 1 aromatic carbocycles. The zero-order valence-corrected chi connectivity index (χ0v) is 19.1. The number of halogens is 4. The number of benzene rings is 1. The summed E-state index contributed by atoms with van der Waals surface area (Å²) < 4.78 is 46.5. The van der Waals surface area contributed by atoms with Crippen LogP contribution in [0.15, 0.2) is 36.5 Å². The van der Waals surface area contributed by atoms with Gasteiger partial charge in [-0.3, -0.25) is 18.9 Å². The van der Waals surface area contributed by atoms with E-state index in [0.29, 0.717) is 5.69 Å². The largest absolute Gasteiger partial charge is 0.458 e. The van der Waals surface area contributed by atoms with E-state index in [-0.39, 0.29) is 33.4 Å². The number of imidazole rings is 1. The smallest absolute Gasteiger partial charge is 0.417 e. The van der Waals surface area contributed by atoms with Crippen molar-refractivity contribution in [3.05, 3.63) is 69.6 Å². The second kappa shape index (κ2) is 8.43. The van der Waals surface area contributed by atoms with Crippen molar-refractivity contribution in [2.75, 3.05) is 0 Å². The SMILES string of the molecule is CC(C)c1nc2c(Cl)cc(C(F)(F)F)cn2c1COC(=O)C(C)N1C(=O)c2ccccc2C1=O. The Morgan fingerprint density at radius 3 is 2.24 bits per heavy atom. The number of aromatic nitrogens is 2. The Morgan fingerprint density at radius 1 is 1.12 bits per heavy atom. The quantitative estimate of drug-likeness (QED) is 0.374. The highest BCUT2D eigenvalue weighted by molar-refractivity contribution is 6.33. The first-order valence-electron chi connectivity index (χ1n) is 10.3. The topological polar surface area (TPSA) is 81.0 Å². The standard InChI is InChI=1S/C23H19ClF3N3O4/c1-11(2)18-17(29-9-13(23(25,26)27)8-16(24)19(29)28-18)10-34-22(33)12(3)30-20(31)14-6-4-5-7-15(14)21(30)32/h4-9,11-12H,10H2,1-3H3. The second-order valence-corrected chi connectivity index (χ2v) is 8.58. The second-order valence-electron chi connectivity index (χ2n) is 8.18. The Hall–Kier alpha value is -3.40. The Kier molecular flexibility index (Phi) is 5.89. The number of rotatable bonds is 5. The summed E-state index contributed by atoms with van der Waals surface area (Å²) in [6.07, 6.45) is -3.80. The highest BCUT2D eigenvalue weighted by atomic mass is 35.5. The number of hydrogen-bond donors (Lipinski definition) is 0. The number of imide groups is 1. The summed E-state index contributed by atoms with van der Waals surface area (Å²) >= 11 is 6.06. The minimum atomic E-state index is -4.64. The van der Waals surface area contributed by atoms with E-state index in [9.17, 15) is 27.6 Å². The molecule has 1 aliphatic rings. The first-order valence-corrected chi connectivity index (χ1v) is 10.7. The minimum absolute atomic E-state index is 0.0952. The molecule has 0 saturated carbocycles. The van der Waals surface area contributed by atoms with E-state index in [4.69, 9.17) is 16.3 Å². The predicted octanol–water partition coefficient (Wildman–Crippen LogP) is 4.86. The molecule has 2 amide bonds. The number of ether oxygens (including phenoxy) is 1.